The number of allylic oxidation sites excluding steroid dienone is 1. The van der Waals surface area contributed by atoms with Crippen LogP contribution in [-0.4, -0.2) is 41.0 Å². The Morgan fingerprint density at radius 3 is 2.57 bits per heavy atom. The normalized spacial score (nSPS) is 16.5. The number of carbonyl (C=O) groups is 1. The molecule has 0 atom stereocenters. The van der Waals surface area contributed by atoms with Gasteiger partial charge in [-0.1, -0.05) is 25.7 Å². The third kappa shape index (κ3) is 5.27. The maximum atomic E-state index is 12.6. The van der Waals surface area contributed by atoms with E-state index in [1.807, 2.05) is 13.8 Å². The van der Waals surface area contributed by atoms with E-state index in [2.05, 4.69) is 25.7 Å². The minimum atomic E-state index is -1.26. The van der Waals surface area contributed by atoms with E-state index < -0.39 is 8.07 Å². The summed E-state index contributed by atoms with van der Waals surface area (Å²) < 4.78 is 23.2. The Morgan fingerprint density at radius 2 is 1.97 bits per heavy atom. The van der Waals surface area contributed by atoms with Crippen LogP contribution in [0.3, 0.4) is 0 Å². The third-order valence-corrected chi connectivity index (χ3v) is 7.57. The summed E-state index contributed by atoms with van der Waals surface area (Å²) in [6.07, 6.45) is 5.37. The van der Waals surface area contributed by atoms with Gasteiger partial charge in [-0.05, 0) is 56.2 Å². The highest BCUT2D eigenvalue weighted by Crippen LogP contribution is 2.44. The van der Waals surface area contributed by atoms with Crippen molar-refractivity contribution in [3.63, 3.8) is 0 Å². The van der Waals surface area contributed by atoms with Gasteiger partial charge in [-0.25, -0.2) is 4.79 Å². The molecule has 0 bridgehead atoms. The lowest BCUT2D eigenvalue weighted by Gasteiger charge is -2.21. The first kappa shape index (κ1) is 22.9. The molecule has 0 amide bonds. The molecule has 1 aromatic rings. The Bertz CT molecular complexity index is 818. The molecule has 0 spiro atoms. The van der Waals surface area contributed by atoms with Gasteiger partial charge in [0.25, 0.3) is 0 Å². The highest BCUT2D eigenvalue weighted by molar-refractivity contribution is 6.76. The fraction of sp³-hybridized carbons (Fsp3) is 0.625. The van der Waals surface area contributed by atoms with Gasteiger partial charge in [0.1, 0.15) is 23.7 Å². The van der Waals surface area contributed by atoms with Gasteiger partial charge >= 0.3 is 5.97 Å². The van der Waals surface area contributed by atoms with Gasteiger partial charge in [0.05, 0.1) is 20.3 Å². The molecular formula is C24H36O5Si. The Morgan fingerprint density at radius 1 is 1.23 bits per heavy atom. The van der Waals surface area contributed by atoms with Crippen LogP contribution in [0.2, 0.25) is 25.7 Å². The first-order valence-electron chi connectivity index (χ1n) is 11.1. The summed E-state index contributed by atoms with van der Waals surface area (Å²) in [6.45, 7) is 13.3. The highest BCUT2D eigenvalue weighted by atomic mass is 28.3. The van der Waals surface area contributed by atoms with E-state index in [0.717, 1.165) is 28.5 Å². The van der Waals surface area contributed by atoms with Crippen LogP contribution in [0, 0.1) is 12.8 Å². The Kier molecular flexibility index (Phi) is 7.29. The van der Waals surface area contributed by atoms with E-state index >= 15 is 0 Å². The maximum absolute atomic E-state index is 12.6. The van der Waals surface area contributed by atoms with Gasteiger partial charge in [-0.2, -0.15) is 0 Å². The molecule has 5 nitrogen and oxygen atoms in total. The number of methoxy groups -OCH3 is 1. The summed E-state index contributed by atoms with van der Waals surface area (Å²) in [4.78, 5) is 12.6. The van der Waals surface area contributed by atoms with E-state index in [1.165, 1.54) is 18.4 Å². The van der Waals surface area contributed by atoms with Crippen LogP contribution in [0.4, 0.5) is 0 Å². The average molecular weight is 433 g/mol. The lowest BCUT2D eigenvalue weighted by Crippen LogP contribution is -2.23. The molecule has 2 aliphatic rings. The van der Waals surface area contributed by atoms with Gasteiger partial charge in [0.2, 0.25) is 0 Å². The molecule has 1 saturated carbocycles. The van der Waals surface area contributed by atoms with Gasteiger partial charge < -0.3 is 18.9 Å². The van der Waals surface area contributed by atoms with Crippen LogP contribution in [0.5, 0.6) is 11.5 Å². The second-order valence-corrected chi connectivity index (χ2v) is 15.1. The number of hydrogen-bond acceptors (Lipinski definition) is 5. The summed E-state index contributed by atoms with van der Waals surface area (Å²) in [5.41, 5.74) is 4.73. The third-order valence-electron chi connectivity index (χ3n) is 5.87. The predicted molar refractivity (Wildman–Crippen MR) is 122 cm³/mol. The van der Waals surface area contributed by atoms with Gasteiger partial charge in [0, 0.05) is 25.8 Å². The topological polar surface area (TPSA) is 54.0 Å². The minimum Gasteiger partial charge on any atom is -0.496 e. The molecule has 1 aromatic carbocycles. The van der Waals surface area contributed by atoms with Crippen molar-refractivity contribution < 1.29 is 23.7 Å². The fourth-order valence-electron chi connectivity index (χ4n) is 3.88. The molecule has 1 fully saturated rings. The number of cyclic esters (lactones) is 1. The molecule has 166 valence electrons. The van der Waals surface area contributed by atoms with Crippen molar-refractivity contribution in [3.05, 3.63) is 33.9 Å². The van der Waals surface area contributed by atoms with Crippen molar-refractivity contribution in [1.82, 2.24) is 0 Å². The number of esters is 1. The first-order chi connectivity index (χ1) is 14.3. The number of ether oxygens (including phenoxy) is 4. The van der Waals surface area contributed by atoms with E-state index in [4.69, 9.17) is 18.9 Å². The van der Waals surface area contributed by atoms with E-state index in [0.29, 0.717) is 43.5 Å². The Hall–Kier alpha value is -1.79. The van der Waals surface area contributed by atoms with Crippen LogP contribution in [-0.2, 0) is 22.5 Å². The highest BCUT2D eigenvalue weighted by Gasteiger charge is 2.33. The van der Waals surface area contributed by atoms with E-state index in [9.17, 15) is 4.79 Å². The first-order valence-corrected chi connectivity index (χ1v) is 14.8. The zero-order chi connectivity index (χ0) is 21.9. The number of hydrogen-bond donors (Lipinski definition) is 0. The van der Waals surface area contributed by atoms with Crippen LogP contribution in [0.1, 0.15) is 46.8 Å². The summed E-state index contributed by atoms with van der Waals surface area (Å²) in [7, 11) is 0.425. The molecule has 3 rings (SSSR count). The number of benzene rings is 1. The molecule has 0 saturated heterocycles. The molecule has 1 aliphatic heterocycles. The van der Waals surface area contributed by atoms with Crippen LogP contribution in [0.25, 0.3) is 0 Å². The molecule has 0 radical (unpaired) electrons. The number of rotatable bonds is 11. The van der Waals surface area contributed by atoms with Crippen LogP contribution < -0.4 is 9.47 Å². The molecule has 0 aromatic heterocycles. The van der Waals surface area contributed by atoms with Gasteiger partial charge in [-0.3, -0.25) is 0 Å². The van der Waals surface area contributed by atoms with Gasteiger partial charge in [0.15, 0.2) is 0 Å². The average Bonchev–Trinajstić information content (AvgIpc) is 3.45. The number of carbonyl (C=O) groups excluding carboxylic acids is 1. The monoisotopic (exact) mass is 432 g/mol. The summed E-state index contributed by atoms with van der Waals surface area (Å²) in [6, 6.07) is 1.03. The molecule has 30 heavy (non-hydrogen) atoms. The largest absolute Gasteiger partial charge is 0.496 e. The molecule has 1 heterocycles. The predicted octanol–water partition coefficient (Wildman–Crippen LogP) is 5.31. The smallest absolute Gasteiger partial charge is 0.342 e. The SMILES string of the molecule is CCOC/C(=C/Cc1c(OC)c(C)c2c(c1OCC[Si](C)(C)C)C(=O)OC2)C1CC1. The Balaban J connectivity index is 1.99. The summed E-state index contributed by atoms with van der Waals surface area (Å²) >= 11 is 0. The molecule has 6 heteroatoms. The van der Waals surface area contributed by atoms with Crippen molar-refractivity contribution in [2.45, 2.75) is 65.4 Å². The second kappa shape index (κ2) is 9.56. The Labute approximate surface area is 181 Å². The van der Waals surface area contributed by atoms with E-state index in [1.54, 1.807) is 7.11 Å². The quantitative estimate of drug-likeness (QED) is 0.270. The molecule has 1 aliphatic carbocycles. The van der Waals surface area contributed by atoms with Crippen LogP contribution >= 0.6 is 0 Å². The summed E-state index contributed by atoms with van der Waals surface area (Å²) in [5.74, 6) is 1.79. The number of fused-ring (bicyclic) bond motifs is 1. The fourth-order valence-corrected chi connectivity index (χ4v) is 4.59. The zero-order valence-corrected chi connectivity index (χ0v) is 20.4. The maximum Gasteiger partial charge on any atom is 0.342 e. The molecule has 0 unspecified atom stereocenters. The van der Waals surface area contributed by atoms with Crippen molar-refractivity contribution in [2.24, 2.45) is 5.92 Å². The lowest BCUT2D eigenvalue weighted by atomic mass is 9.94. The second-order valence-electron chi connectivity index (χ2n) is 9.45. The summed E-state index contributed by atoms with van der Waals surface area (Å²) in [5, 5.41) is 0. The van der Waals surface area contributed by atoms with Crippen molar-refractivity contribution >= 4 is 14.0 Å². The van der Waals surface area contributed by atoms with E-state index in [-0.39, 0.29) is 12.6 Å². The van der Waals surface area contributed by atoms with Gasteiger partial charge in [-0.15, -0.1) is 0 Å². The molecule has 0 N–H and O–H groups in total. The zero-order valence-electron chi connectivity index (χ0n) is 19.4. The molecular weight excluding hydrogens is 396 g/mol. The lowest BCUT2D eigenvalue weighted by molar-refractivity contribution is 0.0532. The van der Waals surface area contributed by atoms with Crippen molar-refractivity contribution in [3.8, 4) is 11.5 Å². The van der Waals surface area contributed by atoms with Crippen LogP contribution in [0.15, 0.2) is 11.6 Å². The standard InChI is InChI=1S/C24H36O5Si/c1-7-27-14-18(17-8-9-17)10-11-19-22(26-3)16(2)20-15-29-24(25)21(20)23(19)28-12-13-30(4,5)6/h10,17H,7-9,11-15H2,1-6H3/b18-10-. The van der Waals surface area contributed by atoms with Crippen molar-refractivity contribution in [1.29, 1.82) is 0 Å². The van der Waals surface area contributed by atoms with Crippen molar-refractivity contribution in [2.75, 3.05) is 26.9 Å². The minimum absolute atomic E-state index is 0.286.